The van der Waals surface area contributed by atoms with Gasteiger partial charge in [0.2, 0.25) is 0 Å². The SMILES string of the molecule is CCN(CC)Cc1ccc(NC(=C2C(=O)Nc3cc(C(=O)OC)ccc32)c2cccs2)cc1. The molecule has 0 unspecified atom stereocenters. The summed E-state index contributed by atoms with van der Waals surface area (Å²) in [6.45, 7) is 7.26. The fraction of sp³-hybridized carbons (Fsp3) is 0.231. The molecule has 0 atom stereocenters. The van der Waals surface area contributed by atoms with Crippen LogP contribution < -0.4 is 10.6 Å². The van der Waals surface area contributed by atoms with Crippen LogP contribution in [0.25, 0.3) is 11.3 Å². The van der Waals surface area contributed by atoms with E-state index in [2.05, 4.69) is 41.5 Å². The van der Waals surface area contributed by atoms with E-state index in [1.165, 1.54) is 12.7 Å². The van der Waals surface area contributed by atoms with Crippen molar-refractivity contribution < 1.29 is 14.3 Å². The number of rotatable bonds is 8. The lowest BCUT2D eigenvalue weighted by Crippen LogP contribution is -2.22. The Balaban J connectivity index is 1.70. The number of hydrogen-bond donors (Lipinski definition) is 2. The molecule has 3 aromatic rings. The molecule has 0 saturated heterocycles. The van der Waals surface area contributed by atoms with Crippen molar-refractivity contribution in [3.8, 4) is 0 Å². The van der Waals surface area contributed by atoms with Crippen LogP contribution in [0.3, 0.4) is 0 Å². The van der Waals surface area contributed by atoms with Crippen molar-refractivity contribution in [1.29, 1.82) is 0 Å². The lowest BCUT2D eigenvalue weighted by atomic mass is 10.0. The molecule has 0 fully saturated rings. The number of amides is 1. The average Bonchev–Trinajstić information content (AvgIpc) is 3.48. The van der Waals surface area contributed by atoms with Crippen molar-refractivity contribution in [2.45, 2.75) is 20.4 Å². The second-order valence-corrected chi connectivity index (χ2v) is 8.66. The monoisotopic (exact) mass is 461 g/mol. The fourth-order valence-corrected chi connectivity index (χ4v) is 4.61. The van der Waals surface area contributed by atoms with Crippen LogP contribution in [0.2, 0.25) is 0 Å². The summed E-state index contributed by atoms with van der Waals surface area (Å²) in [6, 6.07) is 17.4. The summed E-state index contributed by atoms with van der Waals surface area (Å²) in [4.78, 5) is 28.3. The molecule has 0 saturated carbocycles. The van der Waals surface area contributed by atoms with Gasteiger partial charge in [0.25, 0.3) is 5.91 Å². The van der Waals surface area contributed by atoms with Crippen molar-refractivity contribution in [1.82, 2.24) is 4.90 Å². The fourth-order valence-electron chi connectivity index (χ4n) is 3.88. The molecule has 2 aromatic carbocycles. The Morgan fingerprint density at radius 3 is 2.48 bits per heavy atom. The molecule has 33 heavy (non-hydrogen) atoms. The molecule has 1 aliphatic heterocycles. The molecule has 2 heterocycles. The molecule has 1 aliphatic rings. The van der Waals surface area contributed by atoms with Gasteiger partial charge in [0.1, 0.15) is 0 Å². The van der Waals surface area contributed by atoms with Gasteiger partial charge in [-0.1, -0.05) is 38.1 Å². The number of nitrogens with one attached hydrogen (secondary N) is 2. The Labute approximate surface area is 197 Å². The number of thiophene rings is 1. The van der Waals surface area contributed by atoms with Crippen molar-refractivity contribution in [2.24, 2.45) is 0 Å². The molecule has 0 aliphatic carbocycles. The lowest BCUT2D eigenvalue weighted by molar-refractivity contribution is -0.110. The number of hydrogen-bond acceptors (Lipinski definition) is 6. The number of fused-ring (bicyclic) bond motifs is 1. The highest BCUT2D eigenvalue weighted by Crippen LogP contribution is 2.39. The molecule has 6 nitrogen and oxygen atoms in total. The molecule has 0 spiro atoms. The van der Waals surface area contributed by atoms with Gasteiger partial charge in [-0.25, -0.2) is 4.79 Å². The van der Waals surface area contributed by atoms with E-state index >= 15 is 0 Å². The minimum atomic E-state index is -0.439. The van der Waals surface area contributed by atoms with Gasteiger partial charge >= 0.3 is 5.97 Å². The average molecular weight is 462 g/mol. The standard InChI is InChI=1S/C26H27N3O3S/c1-4-29(5-2)16-17-8-11-19(12-9-17)27-24(22-7-6-14-33-22)23-20-13-10-18(26(31)32-3)15-21(20)28-25(23)30/h6-15,27H,4-5,16H2,1-3H3,(H,28,30). The molecule has 2 N–H and O–H groups in total. The van der Waals surface area contributed by atoms with Crippen molar-refractivity contribution >= 4 is 45.9 Å². The van der Waals surface area contributed by atoms with Crippen LogP contribution in [-0.2, 0) is 16.1 Å². The summed E-state index contributed by atoms with van der Waals surface area (Å²) in [5, 5.41) is 8.35. The first-order valence-corrected chi connectivity index (χ1v) is 11.8. The number of carbonyl (C=O) groups excluding carboxylic acids is 2. The van der Waals surface area contributed by atoms with Gasteiger partial charge in [0.05, 0.1) is 34.5 Å². The number of anilines is 2. The smallest absolute Gasteiger partial charge is 0.337 e. The normalized spacial score (nSPS) is 14.1. The molecule has 170 valence electrons. The van der Waals surface area contributed by atoms with Crippen LogP contribution in [0.5, 0.6) is 0 Å². The van der Waals surface area contributed by atoms with Crippen LogP contribution in [-0.4, -0.2) is 37.0 Å². The maximum atomic E-state index is 13.0. The predicted molar refractivity (Wildman–Crippen MR) is 134 cm³/mol. The zero-order chi connectivity index (χ0) is 23.4. The van der Waals surface area contributed by atoms with E-state index in [4.69, 9.17) is 4.74 Å². The van der Waals surface area contributed by atoms with Crippen molar-refractivity contribution in [2.75, 3.05) is 30.8 Å². The molecule has 1 aromatic heterocycles. The predicted octanol–water partition coefficient (Wildman–Crippen LogP) is 5.31. The third-order valence-electron chi connectivity index (χ3n) is 5.73. The molecule has 0 radical (unpaired) electrons. The zero-order valence-corrected chi connectivity index (χ0v) is 19.8. The van der Waals surface area contributed by atoms with E-state index in [0.29, 0.717) is 16.8 Å². The molecule has 1 amide bonds. The Bertz CT molecular complexity index is 1180. The summed E-state index contributed by atoms with van der Waals surface area (Å²) >= 11 is 1.56. The van der Waals surface area contributed by atoms with Gasteiger partial charge in [0.15, 0.2) is 0 Å². The van der Waals surface area contributed by atoms with Crippen LogP contribution in [0.15, 0.2) is 60.0 Å². The second-order valence-electron chi connectivity index (χ2n) is 7.72. The third kappa shape index (κ3) is 4.84. The topological polar surface area (TPSA) is 70.7 Å². The number of ether oxygens (including phenoxy) is 1. The quantitative estimate of drug-likeness (QED) is 0.351. The first kappa shape index (κ1) is 22.8. The van der Waals surface area contributed by atoms with Crippen LogP contribution >= 0.6 is 11.3 Å². The summed E-state index contributed by atoms with van der Waals surface area (Å²) in [5.74, 6) is -0.646. The Morgan fingerprint density at radius 1 is 1.09 bits per heavy atom. The van der Waals surface area contributed by atoms with Gasteiger partial charge in [-0.15, -0.1) is 11.3 Å². The summed E-state index contributed by atoms with van der Waals surface area (Å²) in [7, 11) is 1.34. The summed E-state index contributed by atoms with van der Waals surface area (Å²) < 4.78 is 4.81. The maximum Gasteiger partial charge on any atom is 0.337 e. The van der Waals surface area contributed by atoms with E-state index in [0.717, 1.165) is 41.5 Å². The van der Waals surface area contributed by atoms with Gasteiger partial charge in [-0.3, -0.25) is 9.69 Å². The van der Waals surface area contributed by atoms with Gasteiger partial charge in [0, 0.05) is 17.8 Å². The highest BCUT2D eigenvalue weighted by atomic mass is 32.1. The van der Waals surface area contributed by atoms with Gasteiger partial charge in [-0.05, 0) is 54.4 Å². The molecule has 4 rings (SSSR count). The van der Waals surface area contributed by atoms with Gasteiger partial charge < -0.3 is 15.4 Å². The minimum absolute atomic E-state index is 0.207. The maximum absolute atomic E-state index is 13.0. The van der Waals surface area contributed by atoms with Crippen LogP contribution in [0.1, 0.15) is 40.2 Å². The summed E-state index contributed by atoms with van der Waals surface area (Å²) in [6.07, 6.45) is 0. The molecule has 7 heteroatoms. The minimum Gasteiger partial charge on any atom is -0.465 e. The Kier molecular flexibility index (Phi) is 6.91. The van der Waals surface area contributed by atoms with Crippen LogP contribution in [0.4, 0.5) is 11.4 Å². The largest absolute Gasteiger partial charge is 0.465 e. The third-order valence-corrected chi connectivity index (χ3v) is 6.61. The first-order chi connectivity index (χ1) is 16.0. The van der Waals surface area contributed by atoms with E-state index in [-0.39, 0.29) is 5.91 Å². The Morgan fingerprint density at radius 2 is 1.85 bits per heavy atom. The molecule has 0 bridgehead atoms. The molecular weight excluding hydrogens is 434 g/mol. The van der Waals surface area contributed by atoms with Gasteiger partial charge in [-0.2, -0.15) is 0 Å². The van der Waals surface area contributed by atoms with E-state index in [1.807, 2.05) is 29.6 Å². The van der Waals surface area contributed by atoms with Crippen molar-refractivity contribution in [3.05, 3.63) is 81.5 Å². The number of methoxy groups -OCH3 is 1. The lowest BCUT2D eigenvalue weighted by Gasteiger charge is -2.18. The number of nitrogens with zero attached hydrogens (tertiary/aromatic N) is 1. The zero-order valence-electron chi connectivity index (χ0n) is 19.0. The van der Waals surface area contributed by atoms with Crippen molar-refractivity contribution in [3.63, 3.8) is 0 Å². The molecular formula is C26H27N3O3S. The number of benzene rings is 2. The van der Waals surface area contributed by atoms with E-state index in [9.17, 15) is 9.59 Å². The summed E-state index contributed by atoms with van der Waals surface area (Å²) in [5.41, 5.74) is 5.19. The number of esters is 1. The Hall–Kier alpha value is -3.42. The highest BCUT2D eigenvalue weighted by Gasteiger charge is 2.29. The van der Waals surface area contributed by atoms with Crippen LogP contribution in [0, 0.1) is 0 Å². The van der Waals surface area contributed by atoms with E-state index in [1.54, 1.807) is 29.5 Å². The number of carbonyl (C=O) groups is 2. The second kappa shape index (κ2) is 10.0. The first-order valence-electron chi connectivity index (χ1n) is 10.9. The van der Waals surface area contributed by atoms with E-state index < -0.39 is 5.97 Å². The highest BCUT2D eigenvalue weighted by molar-refractivity contribution is 7.11.